The number of nitrogens with one attached hydrogen (secondary N) is 1. The van der Waals surface area contributed by atoms with Gasteiger partial charge in [-0.1, -0.05) is 6.92 Å². The lowest BCUT2D eigenvalue weighted by Crippen LogP contribution is -2.05. The molecule has 1 N–H and O–H groups in total. The number of nitrogens with zero attached hydrogens (tertiary/aromatic N) is 2. The summed E-state index contributed by atoms with van der Waals surface area (Å²) in [5.74, 6) is 0. The Hall–Kier alpha value is -1.81. The predicted molar refractivity (Wildman–Crippen MR) is 81.7 cm³/mol. The molecule has 2 aromatic heterocycles. The number of rotatable bonds is 4. The van der Waals surface area contributed by atoms with Gasteiger partial charge < -0.3 is 5.32 Å². The van der Waals surface area contributed by atoms with Crippen LogP contribution in [0.5, 0.6) is 0 Å². The molecule has 3 aromatic rings. The maximum absolute atomic E-state index is 4.46. The first kappa shape index (κ1) is 12.2. The minimum Gasteiger partial charge on any atom is -0.379 e. The van der Waals surface area contributed by atoms with Gasteiger partial charge >= 0.3 is 0 Å². The van der Waals surface area contributed by atoms with E-state index in [0.717, 1.165) is 24.3 Å². The van der Waals surface area contributed by atoms with Crippen molar-refractivity contribution in [1.82, 2.24) is 9.78 Å². The second kappa shape index (κ2) is 5.05. The first-order valence-corrected chi connectivity index (χ1v) is 7.37. The van der Waals surface area contributed by atoms with Crippen molar-refractivity contribution in [3.05, 3.63) is 47.1 Å². The normalized spacial score (nSPS) is 11.1. The van der Waals surface area contributed by atoms with Crippen molar-refractivity contribution in [3.63, 3.8) is 0 Å². The highest BCUT2D eigenvalue weighted by Gasteiger charge is 2.04. The van der Waals surface area contributed by atoms with Gasteiger partial charge in [-0.15, -0.1) is 11.3 Å². The summed E-state index contributed by atoms with van der Waals surface area (Å²) in [6.07, 6.45) is 0.981. The number of anilines is 1. The summed E-state index contributed by atoms with van der Waals surface area (Å²) in [6.45, 7) is 2.93. The zero-order valence-electron chi connectivity index (χ0n) is 11.2. The van der Waals surface area contributed by atoms with E-state index in [4.69, 9.17) is 0 Å². The molecule has 0 bridgehead atoms. The SMILES string of the molecule is CCc1cc(CNc2ccc3sccc3c2)n(C)n1. The number of fused-ring (bicyclic) bond motifs is 1. The van der Waals surface area contributed by atoms with Crippen LogP contribution in [0.1, 0.15) is 18.3 Å². The standard InChI is InChI=1S/C15H17N3S/c1-3-12-9-14(18(2)17-12)10-16-13-4-5-15-11(8-13)6-7-19-15/h4-9,16H,3,10H2,1-2H3. The third-order valence-electron chi connectivity index (χ3n) is 3.32. The van der Waals surface area contributed by atoms with Crippen LogP contribution in [0.3, 0.4) is 0 Å². The second-order valence-corrected chi connectivity index (χ2v) is 5.58. The van der Waals surface area contributed by atoms with Crippen LogP contribution >= 0.6 is 11.3 Å². The van der Waals surface area contributed by atoms with E-state index in [-0.39, 0.29) is 0 Å². The number of hydrogen-bond acceptors (Lipinski definition) is 3. The van der Waals surface area contributed by atoms with E-state index in [1.807, 2.05) is 11.7 Å². The van der Waals surface area contributed by atoms with E-state index < -0.39 is 0 Å². The largest absolute Gasteiger partial charge is 0.379 e. The number of hydrogen-bond donors (Lipinski definition) is 1. The lowest BCUT2D eigenvalue weighted by molar-refractivity contribution is 0.707. The summed E-state index contributed by atoms with van der Waals surface area (Å²) >= 11 is 1.78. The topological polar surface area (TPSA) is 29.9 Å². The van der Waals surface area contributed by atoms with Crippen molar-refractivity contribution in [3.8, 4) is 0 Å². The van der Waals surface area contributed by atoms with Crippen molar-refractivity contribution < 1.29 is 0 Å². The van der Waals surface area contributed by atoms with Gasteiger partial charge in [-0.3, -0.25) is 4.68 Å². The Kier molecular flexibility index (Phi) is 3.25. The molecule has 0 aliphatic carbocycles. The summed E-state index contributed by atoms with van der Waals surface area (Å²) in [7, 11) is 2.00. The average Bonchev–Trinajstić information content (AvgIpc) is 3.02. The van der Waals surface area contributed by atoms with E-state index in [9.17, 15) is 0 Å². The van der Waals surface area contributed by atoms with Gasteiger partial charge in [-0.2, -0.15) is 5.10 Å². The molecule has 0 aliphatic rings. The van der Waals surface area contributed by atoms with Crippen LogP contribution in [0.15, 0.2) is 35.7 Å². The smallest absolute Gasteiger partial charge is 0.0625 e. The molecule has 98 valence electrons. The Bertz CT molecular complexity index is 696. The molecule has 0 saturated carbocycles. The van der Waals surface area contributed by atoms with Gasteiger partial charge in [0.1, 0.15) is 0 Å². The van der Waals surface area contributed by atoms with E-state index in [1.165, 1.54) is 15.8 Å². The van der Waals surface area contributed by atoms with Gasteiger partial charge in [0.15, 0.2) is 0 Å². The molecule has 0 radical (unpaired) electrons. The number of thiophene rings is 1. The summed E-state index contributed by atoms with van der Waals surface area (Å²) < 4.78 is 3.29. The molecule has 3 rings (SSSR count). The highest BCUT2D eigenvalue weighted by molar-refractivity contribution is 7.17. The minimum atomic E-state index is 0.805. The molecule has 0 aliphatic heterocycles. The minimum absolute atomic E-state index is 0.805. The molecule has 0 amide bonds. The molecule has 0 spiro atoms. The fourth-order valence-electron chi connectivity index (χ4n) is 2.18. The molecular formula is C15H17N3S. The Morgan fingerprint density at radius 1 is 1.26 bits per heavy atom. The van der Waals surface area contributed by atoms with Crippen molar-refractivity contribution in [2.24, 2.45) is 7.05 Å². The zero-order valence-corrected chi connectivity index (χ0v) is 12.0. The monoisotopic (exact) mass is 271 g/mol. The van der Waals surface area contributed by atoms with Crippen LogP contribution in [-0.2, 0) is 20.0 Å². The molecule has 0 atom stereocenters. The van der Waals surface area contributed by atoms with Crippen LogP contribution < -0.4 is 5.32 Å². The molecule has 0 unspecified atom stereocenters. The van der Waals surface area contributed by atoms with Gasteiger partial charge in [0, 0.05) is 17.4 Å². The second-order valence-electron chi connectivity index (χ2n) is 4.63. The molecule has 4 heteroatoms. The Morgan fingerprint density at radius 2 is 2.16 bits per heavy atom. The summed E-state index contributed by atoms with van der Waals surface area (Å²) in [5, 5.41) is 11.4. The van der Waals surface area contributed by atoms with Crippen LogP contribution in [0.4, 0.5) is 5.69 Å². The molecule has 0 saturated heterocycles. The van der Waals surface area contributed by atoms with Crippen molar-refractivity contribution >= 4 is 27.1 Å². The van der Waals surface area contributed by atoms with E-state index in [0.29, 0.717) is 0 Å². The maximum atomic E-state index is 4.46. The van der Waals surface area contributed by atoms with Gasteiger partial charge in [0.05, 0.1) is 17.9 Å². The van der Waals surface area contributed by atoms with Crippen LogP contribution in [0.2, 0.25) is 0 Å². The van der Waals surface area contributed by atoms with Gasteiger partial charge in [-0.05, 0) is 47.5 Å². The van der Waals surface area contributed by atoms with E-state index >= 15 is 0 Å². The average molecular weight is 271 g/mol. The fraction of sp³-hybridized carbons (Fsp3) is 0.267. The van der Waals surface area contributed by atoms with Crippen molar-refractivity contribution in [2.45, 2.75) is 19.9 Å². The first-order valence-electron chi connectivity index (χ1n) is 6.49. The Balaban J connectivity index is 1.75. The lowest BCUT2D eigenvalue weighted by Gasteiger charge is -2.06. The highest BCUT2D eigenvalue weighted by Crippen LogP contribution is 2.24. The zero-order chi connectivity index (χ0) is 13.2. The maximum Gasteiger partial charge on any atom is 0.0625 e. The first-order chi connectivity index (χ1) is 9.26. The van der Waals surface area contributed by atoms with Crippen LogP contribution in [0.25, 0.3) is 10.1 Å². The number of aryl methyl sites for hydroxylation is 2. The van der Waals surface area contributed by atoms with Crippen LogP contribution in [0, 0.1) is 0 Å². The van der Waals surface area contributed by atoms with Gasteiger partial charge in [-0.25, -0.2) is 0 Å². The third kappa shape index (κ3) is 2.49. The summed E-state index contributed by atoms with van der Waals surface area (Å²) in [6, 6.07) is 10.8. The van der Waals surface area contributed by atoms with Crippen LogP contribution in [-0.4, -0.2) is 9.78 Å². The highest BCUT2D eigenvalue weighted by atomic mass is 32.1. The molecule has 19 heavy (non-hydrogen) atoms. The third-order valence-corrected chi connectivity index (χ3v) is 4.21. The fourth-order valence-corrected chi connectivity index (χ4v) is 2.95. The Labute approximate surface area is 116 Å². The number of benzene rings is 1. The molecular weight excluding hydrogens is 254 g/mol. The van der Waals surface area contributed by atoms with Crippen molar-refractivity contribution in [1.29, 1.82) is 0 Å². The van der Waals surface area contributed by atoms with E-state index in [1.54, 1.807) is 11.3 Å². The quantitative estimate of drug-likeness (QED) is 0.782. The van der Waals surface area contributed by atoms with Gasteiger partial charge in [0.2, 0.25) is 0 Å². The summed E-state index contributed by atoms with van der Waals surface area (Å²) in [4.78, 5) is 0. The molecule has 2 heterocycles. The van der Waals surface area contributed by atoms with Gasteiger partial charge in [0.25, 0.3) is 0 Å². The molecule has 0 fully saturated rings. The Morgan fingerprint density at radius 3 is 2.95 bits per heavy atom. The lowest BCUT2D eigenvalue weighted by atomic mass is 10.2. The predicted octanol–water partition coefficient (Wildman–Crippen LogP) is 3.81. The summed E-state index contributed by atoms with van der Waals surface area (Å²) in [5.41, 5.74) is 3.51. The number of aromatic nitrogens is 2. The molecule has 3 nitrogen and oxygen atoms in total. The molecule has 1 aromatic carbocycles. The van der Waals surface area contributed by atoms with E-state index in [2.05, 4.69) is 53.1 Å². The van der Waals surface area contributed by atoms with Crippen molar-refractivity contribution in [2.75, 3.05) is 5.32 Å².